The van der Waals surface area contributed by atoms with Crippen LogP contribution in [0.5, 0.6) is 0 Å². The van der Waals surface area contributed by atoms with Crippen LogP contribution in [0.4, 0.5) is 0 Å². The number of rotatable bonds is 11. The molecule has 2 unspecified atom stereocenters. The Kier molecular flexibility index (Phi) is 9.36. The highest BCUT2D eigenvalue weighted by Gasteiger charge is 2.36. The largest absolute Gasteiger partial charge is 0.326 e. The van der Waals surface area contributed by atoms with Crippen molar-refractivity contribution in [2.75, 3.05) is 18.6 Å². The van der Waals surface area contributed by atoms with Crippen LogP contribution in [0.1, 0.15) is 65.2 Å². The van der Waals surface area contributed by atoms with Crippen molar-refractivity contribution in [1.29, 1.82) is 0 Å². The summed E-state index contributed by atoms with van der Waals surface area (Å²) in [6.07, 6.45) is 11.7. The molecular weight excluding hydrogens is 268 g/mol. The number of thioether (sulfide) groups is 1. The molecule has 3 nitrogen and oxygen atoms in total. The topological polar surface area (TPSA) is 32.3 Å². The van der Waals surface area contributed by atoms with E-state index in [1.54, 1.807) is 0 Å². The zero-order valence-electron chi connectivity index (χ0n) is 13.5. The fourth-order valence-electron chi connectivity index (χ4n) is 2.90. The lowest BCUT2D eigenvalue weighted by Gasteiger charge is -2.23. The van der Waals surface area contributed by atoms with Crippen molar-refractivity contribution in [2.24, 2.45) is 0 Å². The van der Waals surface area contributed by atoms with Crippen LogP contribution < -0.4 is 5.32 Å². The molecule has 0 aromatic carbocycles. The molecule has 1 fully saturated rings. The molecule has 0 aromatic rings. The van der Waals surface area contributed by atoms with Crippen molar-refractivity contribution in [3.05, 3.63) is 0 Å². The molecule has 0 aliphatic carbocycles. The summed E-state index contributed by atoms with van der Waals surface area (Å²) in [7, 11) is 0. The number of hydrogen-bond acceptors (Lipinski definition) is 3. The van der Waals surface area contributed by atoms with Gasteiger partial charge < -0.3 is 4.90 Å². The van der Waals surface area contributed by atoms with E-state index in [0.717, 1.165) is 38.6 Å². The highest BCUT2D eigenvalue weighted by molar-refractivity contribution is 7.98. The Hall–Kier alpha value is -0.220. The lowest BCUT2D eigenvalue weighted by molar-refractivity contribution is -0.130. The standard InChI is InChI=1S/C16H32N2OS/c1-4-10-14-16(19)18(15(17-14)11-5-2)12-8-6-7-9-13-20-3/h14-15,17H,4-13H2,1-3H3. The summed E-state index contributed by atoms with van der Waals surface area (Å²) in [5, 5.41) is 3.53. The van der Waals surface area contributed by atoms with Gasteiger partial charge in [-0.2, -0.15) is 11.8 Å². The molecule has 1 heterocycles. The average Bonchev–Trinajstić information content (AvgIpc) is 2.72. The molecule has 1 aliphatic heterocycles. The van der Waals surface area contributed by atoms with Gasteiger partial charge in [0.2, 0.25) is 5.91 Å². The van der Waals surface area contributed by atoms with E-state index < -0.39 is 0 Å². The Balaban J connectivity index is 2.33. The molecule has 1 saturated heterocycles. The van der Waals surface area contributed by atoms with E-state index in [0.29, 0.717) is 5.91 Å². The van der Waals surface area contributed by atoms with Crippen LogP contribution in [0.3, 0.4) is 0 Å². The minimum atomic E-state index is 0.0769. The van der Waals surface area contributed by atoms with E-state index in [-0.39, 0.29) is 12.2 Å². The number of carbonyl (C=O) groups is 1. The van der Waals surface area contributed by atoms with Crippen molar-refractivity contribution in [2.45, 2.75) is 77.4 Å². The second-order valence-electron chi connectivity index (χ2n) is 5.75. The highest BCUT2D eigenvalue weighted by atomic mass is 32.2. The summed E-state index contributed by atoms with van der Waals surface area (Å²) in [5.41, 5.74) is 0. The zero-order valence-corrected chi connectivity index (χ0v) is 14.3. The van der Waals surface area contributed by atoms with E-state index in [1.165, 1.54) is 25.0 Å². The lowest BCUT2D eigenvalue weighted by atomic mass is 10.1. The third-order valence-corrected chi connectivity index (χ3v) is 4.68. The third kappa shape index (κ3) is 5.65. The molecule has 1 aliphatic rings. The monoisotopic (exact) mass is 300 g/mol. The van der Waals surface area contributed by atoms with Gasteiger partial charge in [0.05, 0.1) is 12.2 Å². The van der Waals surface area contributed by atoms with Crippen molar-refractivity contribution in [1.82, 2.24) is 10.2 Å². The van der Waals surface area contributed by atoms with Gasteiger partial charge in [-0.1, -0.05) is 39.5 Å². The third-order valence-electron chi connectivity index (χ3n) is 3.99. The molecule has 4 heteroatoms. The van der Waals surface area contributed by atoms with Crippen LogP contribution in [-0.4, -0.2) is 41.6 Å². The number of nitrogens with one attached hydrogen (secondary N) is 1. The first-order valence-electron chi connectivity index (χ1n) is 8.30. The summed E-state index contributed by atoms with van der Waals surface area (Å²) in [6.45, 7) is 5.29. The molecule has 20 heavy (non-hydrogen) atoms. The lowest BCUT2D eigenvalue weighted by Crippen LogP contribution is -2.37. The van der Waals surface area contributed by atoms with Gasteiger partial charge in [-0.15, -0.1) is 0 Å². The maximum Gasteiger partial charge on any atom is 0.241 e. The Morgan fingerprint density at radius 2 is 1.80 bits per heavy atom. The fraction of sp³-hybridized carbons (Fsp3) is 0.938. The Bertz CT molecular complexity index is 273. The first-order valence-corrected chi connectivity index (χ1v) is 9.69. The predicted octanol–water partition coefficient (Wildman–Crippen LogP) is 3.64. The van der Waals surface area contributed by atoms with Gasteiger partial charge in [-0.05, 0) is 37.7 Å². The van der Waals surface area contributed by atoms with E-state index in [1.807, 2.05) is 11.8 Å². The summed E-state index contributed by atoms with van der Waals surface area (Å²) in [6, 6.07) is 0.0769. The van der Waals surface area contributed by atoms with Gasteiger partial charge in [0.25, 0.3) is 0 Å². The molecule has 1 N–H and O–H groups in total. The quantitative estimate of drug-likeness (QED) is 0.591. The maximum atomic E-state index is 12.4. The minimum Gasteiger partial charge on any atom is -0.326 e. The van der Waals surface area contributed by atoms with Crippen LogP contribution >= 0.6 is 11.8 Å². The maximum absolute atomic E-state index is 12.4. The predicted molar refractivity (Wildman–Crippen MR) is 89.1 cm³/mol. The van der Waals surface area contributed by atoms with Crippen molar-refractivity contribution < 1.29 is 4.79 Å². The first kappa shape index (κ1) is 17.8. The van der Waals surface area contributed by atoms with Crippen LogP contribution in [0.15, 0.2) is 0 Å². The van der Waals surface area contributed by atoms with Crippen LogP contribution in [-0.2, 0) is 4.79 Å². The second kappa shape index (κ2) is 10.5. The summed E-state index contributed by atoms with van der Waals surface area (Å²) in [5.74, 6) is 1.61. The molecule has 1 rings (SSSR count). The van der Waals surface area contributed by atoms with Gasteiger partial charge >= 0.3 is 0 Å². The average molecular weight is 301 g/mol. The molecule has 0 aromatic heterocycles. The molecule has 0 saturated carbocycles. The SMILES string of the molecule is CCCC1NC(CCC)N(CCCCCCSC)C1=O. The summed E-state index contributed by atoms with van der Waals surface area (Å²) in [4.78, 5) is 14.5. The number of unbranched alkanes of at least 4 members (excludes halogenated alkanes) is 3. The fourth-order valence-corrected chi connectivity index (χ4v) is 3.40. The van der Waals surface area contributed by atoms with Gasteiger partial charge in [-0.25, -0.2) is 0 Å². The summed E-state index contributed by atoms with van der Waals surface area (Å²) < 4.78 is 0. The van der Waals surface area contributed by atoms with Gasteiger partial charge in [-0.3, -0.25) is 10.1 Å². The normalized spacial score (nSPS) is 22.8. The van der Waals surface area contributed by atoms with Crippen LogP contribution in [0.2, 0.25) is 0 Å². The Labute approximate surface area is 129 Å². The molecule has 2 atom stereocenters. The second-order valence-corrected chi connectivity index (χ2v) is 6.74. The molecule has 1 amide bonds. The number of nitrogens with zero attached hydrogens (tertiary/aromatic N) is 1. The molecule has 0 bridgehead atoms. The number of hydrogen-bond donors (Lipinski definition) is 1. The minimum absolute atomic E-state index is 0.0769. The van der Waals surface area contributed by atoms with E-state index in [4.69, 9.17) is 0 Å². The number of amides is 1. The Morgan fingerprint density at radius 3 is 2.45 bits per heavy atom. The van der Waals surface area contributed by atoms with Crippen molar-refractivity contribution in [3.8, 4) is 0 Å². The van der Waals surface area contributed by atoms with Gasteiger partial charge in [0.15, 0.2) is 0 Å². The smallest absolute Gasteiger partial charge is 0.241 e. The zero-order chi connectivity index (χ0) is 14.8. The van der Waals surface area contributed by atoms with Crippen molar-refractivity contribution >= 4 is 17.7 Å². The molecule has 0 spiro atoms. The highest BCUT2D eigenvalue weighted by Crippen LogP contribution is 2.19. The first-order chi connectivity index (χ1) is 9.74. The van der Waals surface area contributed by atoms with Crippen LogP contribution in [0.25, 0.3) is 0 Å². The summed E-state index contributed by atoms with van der Waals surface area (Å²) >= 11 is 1.92. The molecule has 118 valence electrons. The van der Waals surface area contributed by atoms with E-state index >= 15 is 0 Å². The van der Waals surface area contributed by atoms with Gasteiger partial charge in [0.1, 0.15) is 0 Å². The van der Waals surface area contributed by atoms with E-state index in [9.17, 15) is 4.79 Å². The van der Waals surface area contributed by atoms with Crippen LogP contribution in [0, 0.1) is 0 Å². The van der Waals surface area contributed by atoms with E-state index in [2.05, 4.69) is 30.3 Å². The number of carbonyl (C=O) groups excluding carboxylic acids is 1. The molecular formula is C16H32N2OS. The molecule has 0 radical (unpaired) electrons. The Morgan fingerprint density at radius 1 is 1.10 bits per heavy atom. The van der Waals surface area contributed by atoms with Crippen molar-refractivity contribution in [3.63, 3.8) is 0 Å². The van der Waals surface area contributed by atoms with Gasteiger partial charge in [0, 0.05) is 6.54 Å².